The van der Waals surface area contributed by atoms with Crippen molar-refractivity contribution in [3.63, 3.8) is 0 Å². The smallest absolute Gasteiger partial charge is 0.258 e. The molecule has 6 aromatic rings. The van der Waals surface area contributed by atoms with Crippen LogP contribution in [0.3, 0.4) is 0 Å². The number of likely N-dealkylation sites (tertiary alicyclic amines) is 1. The number of H-pyrrole nitrogens is 1. The molecule has 0 bridgehead atoms. The van der Waals surface area contributed by atoms with Crippen molar-refractivity contribution in [3.05, 3.63) is 136 Å². The first-order valence-corrected chi connectivity index (χ1v) is 26.8. The average Bonchev–Trinajstić information content (AvgIpc) is 4.17. The van der Waals surface area contributed by atoms with Gasteiger partial charge in [0.05, 0.1) is 33.4 Å². The quantitative estimate of drug-likeness (QED) is 0.0320. The normalized spacial score (nSPS) is 19.4. The number of aliphatic hydroxyl groups is 1. The Kier molecular flexibility index (Phi) is 17.0. The van der Waals surface area contributed by atoms with Crippen molar-refractivity contribution in [3.8, 4) is 10.4 Å². The highest BCUT2D eigenvalue weighted by Gasteiger charge is 2.47. The lowest BCUT2D eigenvalue weighted by Crippen LogP contribution is -2.52. The molecule has 1 saturated carbocycles. The highest BCUT2D eigenvalue weighted by atomic mass is 32.1. The molecule has 3 atom stereocenters. The summed E-state index contributed by atoms with van der Waals surface area (Å²) in [4.78, 5) is 54.4. The van der Waals surface area contributed by atoms with Gasteiger partial charge < -0.3 is 24.8 Å². The number of carbonyl (C=O) groups excluding carboxylic acids is 3. The van der Waals surface area contributed by atoms with Crippen molar-refractivity contribution >= 4 is 46.0 Å². The Balaban J connectivity index is 0.919. The second-order valence-corrected chi connectivity index (χ2v) is 22.4. The van der Waals surface area contributed by atoms with Gasteiger partial charge in [-0.2, -0.15) is 0 Å². The molecule has 3 aromatic heterocycles. The zero-order valence-corrected chi connectivity index (χ0v) is 44.0. The van der Waals surface area contributed by atoms with E-state index in [1.54, 1.807) is 22.3 Å². The van der Waals surface area contributed by atoms with Crippen LogP contribution < -0.4 is 16.2 Å². The van der Waals surface area contributed by atoms with E-state index in [1.165, 1.54) is 16.5 Å². The van der Waals surface area contributed by atoms with Crippen LogP contribution >= 0.6 is 11.3 Å². The summed E-state index contributed by atoms with van der Waals surface area (Å²) >= 11 is 1.60. The van der Waals surface area contributed by atoms with Gasteiger partial charge in [-0.05, 0) is 105 Å². The minimum atomic E-state index is -0.840. The maximum atomic E-state index is 14.8. The first-order chi connectivity index (χ1) is 34.6. The number of para-hydroxylation sites is 1. The third kappa shape index (κ3) is 12.8. The molecule has 382 valence electrons. The van der Waals surface area contributed by atoms with Crippen LogP contribution in [0.5, 0.6) is 0 Å². The van der Waals surface area contributed by atoms with Crippen LogP contribution in [0, 0.1) is 12.3 Å². The number of nitrogens with one attached hydrogen (secondary N) is 4. The van der Waals surface area contributed by atoms with E-state index in [4.69, 9.17) is 4.52 Å². The van der Waals surface area contributed by atoms with Gasteiger partial charge in [-0.15, -0.1) is 11.3 Å². The number of aryl methyl sites for hydroxylation is 1. The lowest BCUT2D eigenvalue weighted by molar-refractivity contribution is -0.142. The number of hydrogen-bond acceptors (Lipinski definition) is 10. The van der Waals surface area contributed by atoms with Crippen LogP contribution in [0.15, 0.2) is 101 Å². The van der Waals surface area contributed by atoms with Gasteiger partial charge in [0.2, 0.25) is 11.8 Å². The number of nitrogens with zero attached hydrogens (tertiary/aromatic N) is 4. The number of aromatic amines is 1. The molecule has 0 unspecified atom stereocenters. The number of hydrazine groups is 1. The number of aromatic nitrogens is 3. The molecule has 1 aliphatic heterocycles. The van der Waals surface area contributed by atoms with Crippen molar-refractivity contribution < 1.29 is 24.0 Å². The van der Waals surface area contributed by atoms with E-state index in [1.807, 2.05) is 71.3 Å². The summed E-state index contributed by atoms with van der Waals surface area (Å²) in [5.74, 6) is -0.739. The summed E-state index contributed by atoms with van der Waals surface area (Å²) in [6.07, 6.45) is 12.8. The molecule has 4 heterocycles. The number of carbonyl (C=O) groups is 3. The number of hydrogen-bond donors (Lipinski definition) is 5. The lowest BCUT2D eigenvalue weighted by atomic mass is 9.77. The fourth-order valence-corrected chi connectivity index (χ4v) is 11.5. The third-order valence-corrected chi connectivity index (χ3v) is 15.7. The van der Waals surface area contributed by atoms with Crippen molar-refractivity contribution in [2.45, 2.75) is 148 Å². The van der Waals surface area contributed by atoms with E-state index >= 15 is 0 Å². The number of amides is 3. The van der Waals surface area contributed by atoms with Gasteiger partial charge >= 0.3 is 0 Å². The predicted octanol–water partition coefficient (Wildman–Crippen LogP) is 10.3. The van der Waals surface area contributed by atoms with Gasteiger partial charge in [-0.1, -0.05) is 112 Å². The molecule has 5 N–H and O–H groups in total. The Morgan fingerprint density at radius 1 is 0.986 bits per heavy atom. The summed E-state index contributed by atoms with van der Waals surface area (Å²) in [6, 6.07) is 26.7. The molecule has 8 rings (SSSR count). The zero-order valence-electron chi connectivity index (χ0n) is 43.2. The second kappa shape index (κ2) is 23.3. The van der Waals surface area contributed by atoms with Crippen LogP contribution in [0.1, 0.15) is 144 Å². The Hall–Kier alpha value is -5.93. The first-order valence-electron chi connectivity index (χ1n) is 25.9. The average molecular weight is 995 g/mol. The summed E-state index contributed by atoms with van der Waals surface area (Å²) in [5, 5.41) is 20.1. The number of thiazole rings is 1. The lowest BCUT2D eigenvalue weighted by Gasteiger charge is -2.35. The topological polar surface area (TPSA) is 169 Å². The van der Waals surface area contributed by atoms with Crippen molar-refractivity contribution in [1.29, 1.82) is 0 Å². The highest BCUT2D eigenvalue weighted by Crippen LogP contribution is 2.41. The molecular weight excluding hydrogens is 921 g/mol. The summed E-state index contributed by atoms with van der Waals surface area (Å²) < 4.78 is 6.14. The molecule has 3 amide bonds. The predicted molar refractivity (Wildman–Crippen MR) is 287 cm³/mol. The molecule has 2 aliphatic rings. The number of fused-ring (bicyclic) bond motifs is 1. The maximum Gasteiger partial charge on any atom is 0.258 e. The van der Waals surface area contributed by atoms with Crippen molar-refractivity contribution in [2.24, 2.45) is 5.41 Å². The largest absolute Gasteiger partial charge is 0.391 e. The molecule has 14 heteroatoms. The Morgan fingerprint density at radius 2 is 1.72 bits per heavy atom. The minimum Gasteiger partial charge on any atom is -0.391 e. The monoisotopic (exact) mass is 995 g/mol. The van der Waals surface area contributed by atoms with Gasteiger partial charge in [0.15, 0.2) is 0 Å². The van der Waals surface area contributed by atoms with Crippen molar-refractivity contribution in [2.75, 3.05) is 19.6 Å². The molecule has 1 saturated heterocycles. The zero-order chi connectivity index (χ0) is 51.0. The molecule has 0 radical (unpaired) electrons. The van der Waals surface area contributed by atoms with Gasteiger partial charge in [-0.25, -0.2) is 10.4 Å². The number of aliphatic hydroxyl groups excluding tert-OH is 1. The van der Waals surface area contributed by atoms with E-state index in [0.29, 0.717) is 11.8 Å². The summed E-state index contributed by atoms with van der Waals surface area (Å²) in [7, 11) is 0. The Labute approximate surface area is 429 Å². The number of rotatable bonds is 18. The van der Waals surface area contributed by atoms with E-state index in [0.717, 1.165) is 109 Å². The maximum absolute atomic E-state index is 14.8. The van der Waals surface area contributed by atoms with Crippen LogP contribution in [0.4, 0.5) is 0 Å². The minimum absolute atomic E-state index is 0.0660. The standard InChI is InChI=1S/C58H74N8O5S/c1-8-30-61-63-52(68)28-23-39-19-21-40(22-20-39)35-65(31-29-43-34-59-48-18-10-9-17-47(43)48)45-15-11-13-41(14-12-16-45)49-33-51(71-64-49)53(57(3,4)5)56(70)66-36-46(67)32-50(66)55(69)62-58(6,7)44-26-24-42(25-27-44)54-38(2)60-37-72-54/h9-10,17-28,33-34,37,41,45-46,50,53,59,61,67H,8,11-16,29-32,35-36H2,1-7H3,(H,62,69)(H,63,68)/b28-23+/t41?,45?,46-,50+,53-/m1/s1. The van der Waals surface area contributed by atoms with Gasteiger partial charge in [-0.3, -0.25) is 24.7 Å². The van der Waals surface area contributed by atoms with E-state index in [9.17, 15) is 19.5 Å². The second-order valence-electron chi connectivity index (χ2n) is 21.6. The molecule has 2 fully saturated rings. The number of β-amino-alcohol motifs (C(OH)–C–C–N with tert-alkyl or cyclic N) is 1. The molecule has 0 spiro atoms. The summed E-state index contributed by atoms with van der Waals surface area (Å²) in [6.45, 7) is 16.5. The Bertz CT molecular complexity index is 2780. The highest BCUT2D eigenvalue weighted by molar-refractivity contribution is 7.13. The van der Waals surface area contributed by atoms with Crippen LogP contribution in [-0.2, 0) is 32.9 Å². The fraction of sp³-hybridized carbons (Fsp3) is 0.466. The Morgan fingerprint density at radius 3 is 2.42 bits per heavy atom. The van der Waals surface area contributed by atoms with E-state index in [-0.39, 0.29) is 36.6 Å². The fourth-order valence-electron chi connectivity index (χ4n) is 10.7. The number of benzene rings is 3. The molecule has 3 aromatic carbocycles. The van der Waals surface area contributed by atoms with Gasteiger partial charge in [0.25, 0.3) is 5.91 Å². The first kappa shape index (κ1) is 52.4. The van der Waals surface area contributed by atoms with Crippen molar-refractivity contribution in [1.82, 2.24) is 41.1 Å². The van der Waals surface area contributed by atoms with Crippen LogP contribution in [0.2, 0.25) is 0 Å². The molecule has 72 heavy (non-hydrogen) atoms. The van der Waals surface area contributed by atoms with Gasteiger partial charge in [0.1, 0.15) is 17.7 Å². The van der Waals surface area contributed by atoms with Crippen LogP contribution in [-0.4, -0.2) is 85.6 Å². The van der Waals surface area contributed by atoms with Crippen LogP contribution in [0.25, 0.3) is 27.4 Å². The third-order valence-electron chi connectivity index (χ3n) is 14.7. The van der Waals surface area contributed by atoms with E-state index in [2.05, 4.69) is 110 Å². The van der Waals surface area contributed by atoms with E-state index < -0.39 is 29.0 Å². The summed E-state index contributed by atoms with van der Waals surface area (Å²) in [5.41, 5.74) is 14.7. The molecule has 13 nitrogen and oxygen atoms in total. The molecular formula is C58H74N8O5S. The SMILES string of the molecule is CCCNNC(=O)/C=C/c1ccc(CN(CCc2c[nH]c3ccccc23)C2CCCC(c3cc([C@H](C(=O)N4C[C@H](O)C[C@H]4C(=O)NC(C)(C)c4ccc(-c5scnc5C)cc4)C(C)(C)C)on3)CCC2)cc1. The molecule has 1 aliphatic carbocycles. The van der Waals surface area contributed by atoms with Gasteiger partial charge in [0, 0.05) is 73.8 Å².